The Morgan fingerprint density at radius 2 is 1.86 bits per heavy atom. The zero-order valence-corrected chi connectivity index (χ0v) is 12.7. The molecule has 0 saturated carbocycles. The monoisotopic (exact) mass is 302 g/mol. The lowest BCUT2D eigenvalue weighted by atomic mass is 10.3. The number of imidazole rings is 1. The van der Waals surface area contributed by atoms with Crippen LogP contribution in [0, 0.1) is 0 Å². The highest BCUT2D eigenvalue weighted by atomic mass is 32.1. The average Bonchev–Trinajstić information content (AvgIpc) is 3.09. The van der Waals surface area contributed by atoms with E-state index < -0.39 is 0 Å². The molecule has 6 nitrogen and oxygen atoms in total. The van der Waals surface area contributed by atoms with Crippen LogP contribution in [0.2, 0.25) is 0 Å². The second-order valence-corrected chi connectivity index (χ2v) is 5.58. The normalized spacial score (nSPS) is 11.8. The Labute approximate surface area is 124 Å². The van der Waals surface area contributed by atoms with Gasteiger partial charge in [0.2, 0.25) is 0 Å². The van der Waals surface area contributed by atoms with Crippen LogP contribution in [0.1, 0.15) is 11.4 Å². The molecule has 0 aromatic carbocycles. The fraction of sp³-hybridized carbons (Fsp3) is 0.214. The third-order valence-electron chi connectivity index (χ3n) is 3.48. The topological polar surface area (TPSA) is 61.8 Å². The third-order valence-corrected chi connectivity index (χ3v) is 4.18. The lowest BCUT2D eigenvalue weighted by molar-refractivity contribution is 0.705. The molecule has 21 heavy (non-hydrogen) atoms. The quantitative estimate of drug-likeness (QED) is 0.714. The molecule has 3 heterocycles. The number of hydrogen-bond acceptors (Lipinski definition) is 4. The number of nitrogens with zero attached hydrogens (tertiary/aromatic N) is 4. The average molecular weight is 302 g/mol. The molecule has 0 unspecified atom stereocenters. The van der Waals surface area contributed by atoms with Gasteiger partial charge in [0.25, 0.3) is 5.56 Å². The van der Waals surface area contributed by atoms with E-state index in [1.165, 1.54) is 11.6 Å². The fourth-order valence-electron chi connectivity index (χ4n) is 2.22. The second kappa shape index (κ2) is 4.85. The molecule has 0 aliphatic carbocycles. The van der Waals surface area contributed by atoms with Crippen molar-refractivity contribution < 1.29 is 0 Å². The van der Waals surface area contributed by atoms with Gasteiger partial charge in [-0.2, -0.15) is 11.3 Å². The summed E-state index contributed by atoms with van der Waals surface area (Å²) >= 11 is 1.62. The van der Waals surface area contributed by atoms with Crippen molar-refractivity contribution in [3.8, 4) is 0 Å². The van der Waals surface area contributed by atoms with Gasteiger partial charge in [0.15, 0.2) is 11.2 Å². The molecule has 0 spiro atoms. The number of thiophene rings is 1. The molecular weight excluding hydrogens is 288 g/mol. The van der Waals surface area contributed by atoms with Crippen molar-refractivity contribution in [3.05, 3.63) is 49.1 Å². The van der Waals surface area contributed by atoms with Crippen LogP contribution in [0.3, 0.4) is 0 Å². The van der Waals surface area contributed by atoms with Crippen molar-refractivity contribution in [3.63, 3.8) is 0 Å². The van der Waals surface area contributed by atoms with E-state index in [0.29, 0.717) is 17.0 Å². The molecular formula is C14H14N4O2S. The van der Waals surface area contributed by atoms with Gasteiger partial charge >= 0.3 is 5.69 Å². The molecule has 0 atom stereocenters. The molecule has 0 bridgehead atoms. The van der Waals surface area contributed by atoms with Gasteiger partial charge in [0, 0.05) is 21.1 Å². The highest BCUT2D eigenvalue weighted by Gasteiger charge is 2.15. The first-order valence-corrected chi connectivity index (χ1v) is 7.27. The number of rotatable bonds is 2. The van der Waals surface area contributed by atoms with Crippen molar-refractivity contribution in [1.82, 2.24) is 18.7 Å². The summed E-state index contributed by atoms with van der Waals surface area (Å²) in [5.41, 5.74) is 1.19. The van der Waals surface area contributed by atoms with Crippen LogP contribution in [0.4, 0.5) is 0 Å². The predicted molar refractivity (Wildman–Crippen MR) is 84.4 cm³/mol. The Bertz CT molecular complexity index is 958. The van der Waals surface area contributed by atoms with E-state index in [9.17, 15) is 9.59 Å². The van der Waals surface area contributed by atoms with Gasteiger partial charge in [-0.05, 0) is 28.5 Å². The zero-order chi connectivity index (χ0) is 15.1. The van der Waals surface area contributed by atoms with E-state index in [1.807, 2.05) is 29.0 Å². The van der Waals surface area contributed by atoms with Gasteiger partial charge in [-0.25, -0.2) is 9.78 Å². The first-order chi connectivity index (χ1) is 10.0. The molecule has 3 rings (SSSR count). The van der Waals surface area contributed by atoms with E-state index in [0.717, 1.165) is 10.1 Å². The van der Waals surface area contributed by atoms with E-state index >= 15 is 0 Å². The smallest absolute Gasteiger partial charge is 0.322 e. The fourth-order valence-corrected chi connectivity index (χ4v) is 2.85. The summed E-state index contributed by atoms with van der Waals surface area (Å²) < 4.78 is 4.19. The van der Waals surface area contributed by atoms with Gasteiger partial charge in [0.1, 0.15) is 5.82 Å². The number of aromatic nitrogens is 4. The molecule has 3 aromatic rings. The minimum atomic E-state index is -0.376. The minimum Gasteiger partial charge on any atom is -0.322 e. The second-order valence-electron chi connectivity index (χ2n) is 4.80. The first kappa shape index (κ1) is 13.6. The minimum absolute atomic E-state index is 0.335. The van der Waals surface area contributed by atoms with Gasteiger partial charge in [-0.15, -0.1) is 0 Å². The summed E-state index contributed by atoms with van der Waals surface area (Å²) in [6.07, 6.45) is 3.77. The molecule has 0 aliphatic heterocycles. The molecule has 3 aromatic heterocycles. The summed E-state index contributed by atoms with van der Waals surface area (Å²) in [5.74, 6) is 0.634. The van der Waals surface area contributed by atoms with Gasteiger partial charge in [0.05, 0.1) is 0 Å². The highest BCUT2D eigenvalue weighted by molar-refractivity contribution is 7.08. The standard InChI is InChI=1S/C14H14N4O2S/c1-16-10(5-4-9-6-7-21-8-9)15-12-11(16)13(19)18(3)14(20)17(12)2/h4-8H,1-3H3/b5-4+. The third kappa shape index (κ3) is 2.06. The molecule has 7 heteroatoms. The van der Waals surface area contributed by atoms with Crippen LogP contribution in [0.15, 0.2) is 26.4 Å². The molecule has 108 valence electrons. The maximum absolute atomic E-state index is 12.2. The van der Waals surface area contributed by atoms with Crippen molar-refractivity contribution >= 4 is 34.7 Å². The highest BCUT2D eigenvalue weighted by Crippen LogP contribution is 2.13. The summed E-state index contributed by atoms with van der Waals surface area (Å²) in [6, 6.07) is 2.00. The van der Waals surface area contributed by atoms with E-state index in [4.69, 9.17) is 0 Å². The van der Waals surface area contributed by atoms with Crippen LogP contribution < -0.4 is 11.2 Å². The van der Waals surface area contributed by atoms with E-state index in [-0.39, 0.29) is 11.2 Å². The lowest BCUT2D eigenvalue weighted by Gasteiger charge is -2.02. The van der Waals surface area contributed by atoms with Crippen molar-refractivity contribution in [2.75, 3.05) is 0 Å². The maximum atomic E-state index is 12.2. The zero-order valence-electron chi connectivity index (χ0n) is 11.9. The molecule has 0 amide bonds. The number of hydrogen-bond donors (Lipinski definition) is 0. The van der Waals surface area contributed by atoms with E-state index in [1.54, 1.807) is 30.0 Å². The Kier molecular flexibility index (Phi) is 3.13. The van der Waals surface area contributed by atoms with Gasteiger partial charge in [-0.3, -0.25) is 13.9 Å². The Hall–Kier alpha value is -2.41. The Balaban J connectivity index is 2.26. The van der Waals surface area contributed by atoms with Crippen LogP contribution in [0.25, 0.3) is 23.3 Å². The molecule has 0 radical (unpaired) electrons. The molecule has 0 saturated heterocycles. The number of fused-ring (bicyclic) bond motifs is 1. The largest absolute Gasteiger partial charge is 0.332 e. The van der Waals surface area contributed by atoms with Gasteiger partial charge < -0.3 is 4.57 Å². The van der Waals surface area contributed by atoms with Crippen molar-refractivity contribution in [1.29, 1.82) is 0 Å². The lowest BCUT2D eigenvalue weighted by Crippen LogP contribution is -2.37. The van der Waals surface area contributed by atoms with Crippen molar-refractivity contribution in [2.45, 2.75) is 0 Å². The first-order valence-electron chi connectivity index (χ1n) is 6.33. The van der Waals surface area contributed by atoms with E-state index in [2.05, 4.69) is 4.98 Å². The maximum Gasteiger partial charge on any atom is 0.332 e. The molecule has 0 fully saturated rings. The van der Waals surface area contributed by atoms with Crippen LogP contribution in [-0.4, -0.2) is 18.7 Å². The van der Waals surface area contributed by atoms with Crippen LogP contribution in [0.5, 0.6) is 0 Å². The SMILES string of the molecule is Cn1c(=O)c2c(nc(/C=C/c3ccsc3)n2C)n(C)c1=O. The summed E-state index contributed by atoms with van der Waals surface area (Å²) in [6.45, 7) is 0. The predicted octanol–water partition coefficient (Wildman–Crippen LogP) is 1.20. The van der Waals surface area contributed by atoms with Crippen molar-refractivity contribution in [2.24, 2.45) is 21.1 Å². The van der Waals surface area contributed by atoms with Gasteiger partial charge in [-0.1, -0.05) is 6.08 Å². The molecule has 0 N–H and O–H groups in total. The summed E-state index contributed by atoms with van der Waals surface area (Å²) in [4.78, 5) is 28.6. The number of aryl methyl sites for hydroxylation is 2. The summed E-state index contributed by atoms with van der Waals surface area (Å²) in [5, 5.41) is 4.02. The van der Waals surface area contributed by atoms with Crippen LogP contribution in [-0.2, 0) is 21.1 Å². The Morgan fingerprint density at radius 3 is 2.52 bits per heavy atom. The van der Waals surface area contributed by atoms with Crippen LogP contribution >= 0.6 is 11.3 Å². The Morgan fingerprint density at radius 1 is 1.10 bits per heavy atom. The molecule has 0 aliphatic rings. The summed E-state index contributed by atoms with van der Waals surface area (Å²) in [7, 11) is 4.86.